The number of hydrogen-bond donors (Lipinski definition) is 1. The van der Waals surface area contributed by atoms with Crippen molar-refractivity contribution in [3.63, 3.8) is 0 Å². The fourth-order valence-corrected chi connectivity index (χ4v) is 3.88. The van der Waals surface area contributed by atoms with Gasteiger partial charge in [-0.2, -0.15) is 0 Å². The maximum Gasteiger partial charge on any atom is 0.250 e. The Morgan fingerprint density at radius 1 is 1.21 bits per heavy atom. The van der Waals surface area contributed by atoms with E-state index in [9.17, 15) is 9.59 Å². The van der Waals surface area contributed by atoms with Gasteiger partial charge in [-0.25, -0.2) is 0 Å². The predicted molar refractivity (Wildman–Crippen MR) is 91.5 cm³/mol. The van der Waals surface area contributed by atoms with E-state index in [1.165, 1.54) is 0 Å². The number of nitrogens with zero attached hydrogens (tertiary/aromatic N) is 2. The van der Waals surface area contributed by atoms with Crippen LogP contribution < -0.4 is 11.3 Å². The molecule has 2 saturated heterocycles. The molecule has 24 heavy (non-hydrogen) atoms. The van der Waals surface area contributed by atoms with Gasteiger partial charge in [0, 0.05) is 32.0 Å². The lowest BCUT2D eigenvalue weighted by atomic mass is 9.86. The van der Waals surface area contributed by atoms with Gasteiger partial charge in [-0.15, -0.1) is 0 Å². The van der Waals surface area contributed by atoms with E-state index in [1.807, 2.05) is 12.3 Å². The van der Waals surface area contributed by atoms with Crippen LogP contribution in [0.5, 0.6) is 0 Å². The average Bonchev–Trinajstić information content (AvgIpc) is 3.04. The molecule has 0 bridgehead atoms. The third kappa shape index (κ3) is 4.24. The SMILES string of the molecule is NC(=O)[C@@H]1CCO[C@@H]1CC1CCN(CCn2ccccc2=O)CC1. The predicted octanol–water partition coefficient (Wildman–Crippen LogP) is 0.841. The van der Waals surface area contributed by atoms with Gasteiger partial charge in [0.15, 0.2) is 0 Å². The minimum Gasteiger partial charge on any atom is -0.377 e. The van der Waals surface area contributed by atoms with Crippen LogP contribution in [0.1, 0.15) is 25.7 Å². The number of likely N-dealkylation sites (tertiary alicyclic amines) is 1. The van der Waals surface area contributed by atoms with Gasteiger partial charge in [-0.3, -0.25) is 9.59 Å². The quantitative estimate of drug-likeness (QED) is 0.837. The van der Waals surface area contributed by atoms with Gasteiger partial charge in [0.25, 0.3) is 5.56 Å². The smallest absolute Gasteiger partial charge is 0.250 e. The molecule has 2 aliphatic heterocycles. The molecule has 6 heteroatoms. The van der Waals surface area contributed by atoms with E-state index in [0.29, 0.717) is 12.5 Å². The molecule has 0 aromatic carbocycles. The van der Waals surface area contributed by atoms with Crippen molar-refractivity contribution in [1.29, 1.82) is 0 Å². The molecular formula is C18H27N3O3. The molecule has 1 aromatic heterocycles. The zero-order valence-electron chi connectivity index (χ0n) is 14.1. The lowest BCUT2D eigenvalue weighted by Crippen LogP contribution is -2.39. The van der Waals surface area contributed by atoms with Crippen molar-refractivity contribution in [2.75, 3.05) is 26.2 Å². The minimum atomic E-state index is -0.219. The van der Waals surface area contributed by atoms with Crippen molar-refractivity contribution < 1.29 is 9.53 Å². The molecule has 0 saturated carbocycles. The zero-order valence-corrected chi connectivity index (χ0v) is 14.1. The highest BCUT2D eigenvalue weighted by Crippen LogP contribution is 2.30. The summed E-state index contributed by atoms with van der Waals surface area (Å²) in [6, 6.07) is 5.27. The molecule has 2 atom stereocenters. The average molecular weight is 333 g/mol. The molecule has 1 amide bonds. The number of nitrogens with two attached hydrogens (primary N) is 1. The highest BCUT2D eigenvalue weighted by atomic mass is 16.5. The molecule has 2 N–H and O–H groups in total. The first-order valence-corrected chi connectivity index (χ1v) is 8.92. The summed E-state index contributed by atoms with van der Waals surface area (Å²) in [5.41, 5.74) is 5.53. The number of primary amides is 1. The van der Waals surface area contributed by atoms with Crippen LogP contribution in [-0.4, -0.2) is 47.7 Å². The number of aromatic nitrogens is 1. The largest absolute Gasteiger partial charge is 0.377 e. The first-order chi connectivity index (χ1) is 11.6. The second-order valence-electron chi connectivity index (χ2n) is 6.96. The first kappa shape index (κ1) is 17.2. The maximum absolute atomic E-state index is 11.7. The van der Waals surface area contributed by atoms with Crippen LogP contribution in [0.2, 0.25) is 0 Å². The number of ether oxygens (including phenoxy) is 1. The van der Waals surface area contributed by atoms with E-state index in [-0.39, 0.29) is 23.5 Å². The third-order valence-corrected chi connectivity index (χ3v) is 5.40. The minimum absolute atomic E-state index is 0.0157. The van der Waals surface area contributed by atoms with Crippen LogP contribution in [0.15, 0.2) is 29.2 Å². The first-order valence-electron chi connectivity index (χ1n) is 8.92. The summed E-state index contributed by atoms with van der Waals surface area (Å²) in [5.74, 6) is 0.280. The Balaban J connectivity index is 1.42. The number of piperidine rings is 1. The standard InChI is InChI=1S/C18H27N3O3/c19-18(23)15-6-12-24-16(15)13-14-4-8-20(9-5-14)10-11-21-7-2-1-3-17(21)22/h1-3,7,14-16H,4-6,8-13H2,(H2,19,23)/t15-,16-/m1/s1. The van der Waals surface area contributed by atoms with Gasteiger partial charge in [-0.1, -0.05) is 6.07 Å². The molecule has 3 rings (SSSR count). The Labute approximate surface area is 142 Å². The van der Waals surface area contributed by atoms with Crippen LogP contribution >= 0.6 is 0 Å². The fraction of sp³-hybridized carbons (Fsp3) is 0.667. The molecule has 132 valence electrons. The molecule has 2 fully saturated rings. The number of amides is 1. The summed E-state index contributed by atoms with van der Waals surface area (Å²) in [5, 5.41) is 0. The fourth-order valence-electron chi connectivity index (χ4n) is 3.88. The van der Waals surface area contributed by atoms with Gasteiger partial charge < -0.3 is 19.9 Å². The molecule has 0 aliphatic carbocycles. The topological polar surface area (TPSA) is 77.6 Å². The summed E-state index contributed by atoms with van der Waals surface area (Å²) in [6.45, 7) is 4.38. The molecular weight excluding hydrogens is 306 g/mol. The Kier molecular flexibility index (Phi) is 5.68. The van der Waals surface area contributed by atoms with Crippen LogP contribution in [0.25, 0.3) is 0 Å². The maximum atomic E-state index is 11.7. The van der Waals surface area contributed by atoms with E-state index in [4.69, 9.17) is 10.5 Å². The van der Waals surface area contributed by atoms with Crippen molar-refractivity contribution in [3.05, 3.63) is 34.7 Å². The Morgan fingerprint density at radius 3 is 2.71 bits per heavy atom. The van der Waals surface area contributed by atoms with Gasteiger partial charge in [0.05, 0.1) is 12.0 Å². The zero-order chi connectivity index (χ0) is 16.9. The van der Waals surface area contributed by atoms with E-state index >= 15 is 0 Å². The molecule has 6 nitrogen and oxygen atoms in total. The molecule has 2 aliphatic rings. The van der Waals surface area contributed by atoms with E-state index < -0.39 is 0 Å². The van der Waals surface area contributed by atoms with Gasteiger partial charge >= 0.3 is 0 Å². The monoisotopic (exact) mass is 333 g/mol. The Bertz CT molecular complexity index is 608. The highest BCUT2D eigenvalue weighted by Gasteiger charge is 2.34. The number of rotatable bonds is 6. The van der Waals surface area contributed by atoms with E-state index in [1.54, 1.807) is 16.7 Å². The van der Waals surface area contributed by atoms with Crippen LogP contribution in [0, 0.1) is 11.8 Å². The number of carbonyl (C=O) groups is 1. The van der Waals surface area contributed by atoms with Crippen LogP contribution in [0.3, 0.4) is 0 Å². The van der Waals surface area contributed by atoms with Crippen LogP contribution in [-0.2, 0) is 16.1 Å². The van der Waals surface area contributed by atoms with Crippen molar-refractivity contribution in [1.82, 2.24) is 9.47 Å². The number of hydrogen-bond acceptors (Lipinski definition) is 4. The summed E-state index contributed by atoms with van der Waals surface area (Å²) >= 11 is 0. The second-order valence-corrected chi connectivity index (χ2v) is 6.96. The second kappa shape index (κ2) is 7.94. The lowest BCUT2D eigenvalue weighted by molar-refractivity contribution is -0.123. The third-order valence-electron chi connectivity index (χ3n) is 5.40. The highest BCUT2D eigenvalue weighted by molar-refractivity contribution is 5.77. The van der Waals surface area contributed by atoms with Crippen molar-refractivity contribution in [2.24, 2.45) is 17.6 Å². The summed E-state index contributed by atoms with van der Waals surface area (Å²) in [7, 11) is 0. The van der Waals surface area contributed by atoms with E-state index in [0.717, 1.165) is 51.9 Å². The Morgan fingerprint density at radius 2 is 2.00 bits per heavy atom. The normalized spacial score (nSPS) is 25.8. The van der Waals surface area contributed by atoms with E-state index in [2.05, 4.69) is 4.90 Å². The number of carbonyl (C=O) groups excluding carboxylic acids is 1. The summed E-state index contributed by atoms with van der Waals surface area (Å²) < 4.78 is 7.48. The van der Waals surface area contributed by atoms with Gasteiger partial charge in [0.1, 0.15) is 0 Å². The summed E-state index contributed by atoms with van der Waals surface area (Å²) in [4.78, 5) is 25.6. The summed E-state index contributed by atoms with van der Waals surface area (Å²) in [6.07, 6.45) is 5.81. The molecule has 0 radical (unpaired) electrons. The molecule has 0 unspecified atom stereocenters. The van der Waals surface area contributed by atoms with Crippen molar-refractivity contribution in [2.45, 2.75) is 38.3 Å². The molecule has 0 spiro atoms. The van der Waals surface area contributed by atoms with Crippen LogP contribution in [0.4, 0.5) is 0 Å². The lowest BCUT2D eigenvalue weighted by Gasteiger charge is -2.33. The molecule has 3 heterocycles. The molecule has 1 aromatic rings. The van der Waals surface area contributed by atoms with Crippen molar-refractivity contribution >= 4 is 5.91 Å². The van der Waals surface area contributed by atoms with Gasteiger partial charge in [-0.05, 0) is 50.8 Å². The Hall–Kier alpha value is -1.66. The number of pyridine rings is 1. The van der Waals surface area contributed by atoms with Gasteiger partial charge in [0.2, 0.25) is 5.91 Å². The van der Waals surface area contributed by atoms with Crippen molar-refractivity contribution in [3.8, 4) is 0 Å².